The number of aliphatic carboxylic acids is 1. The summed E-state index contributed by atoms with van der Waals surface area (Å²) in [5, 5.41) is 32.1. The van der Waals surface area contributed by atoms with Gasteiger partial charge in [0.2, 0.25) is 0 Å². The summed E-state index contributed by atoms with van der Waals surface area (Å²) in [5.41, 5.74) is 0. The number of unbranched alkanes of at least 4 members (excludes halogenated alkanes) is 14. The molecule has 0 saturated carbocycles. The van der Waals surface area contributed by atoms with E-state index in [4.69, 9.17) is 13.3 Å². The molecular formula is C30H59NO7Si. The van der Waals surface area contributed by atoms with Gasteiger partial charge in [-0.05, 0) is 25.7 Å². The Morgan fingerprint density at radius 1 is 0.769 bits per heavy atom. The fraction of sp³-hybridized carbons (Fsp3) is 0.967. The maximum Gasteiger partial charge on any atom is 0.502 e. The van der Waals surface area contributed by atoms with Gasteiger partial charge in [0.1, 0.15) is 24.4 Å². The van der Waals surface area contributed by atoms with E-state index >= 15 is 0 Å². The molecule has 2 aliphatic rings. The number of quaternary nitrogens is 1. The number of aliphatic hydroxyl groups is 2. The van der Waals surface area contributed by atoms with E-state index in [0.29, 0.717) is 6.04 Å². The number of hydrogen-bond donors (Lipinski definition) is 2. The van der Waals surface area contributed by atoms with Gasteiger partial charge >= 0.3 is 8.80 Å². The van der Waals surface area contributed by atoms with E-state index in [1.165, 1.54) is 103 Å². The summed E-state index contributed by atoms with van der Waals surface area (Å²) in [6.07, 6.45) is 16.7. The van der Waals surface area contributed by atoms with Crippen molar-refractivity contribution in [1.29, 1.82) is 0 Å². The molecule has 2 aliphatic heterocycles. The SMILES string of the molecule is CCCCCCCCCC[N+](C)(CCCCCCCCCC)CCC[Si]12OC[C@@H](O)[C@@H](O1)[C@H](O)[C@H](C(=O)[O-])O2. The molecule has 2 bridgehead atoms. The molecule has 2 rings (SSSR count). The highest BCUT2D eigenvalue weighted by molar-refractivity contribution is 6.61. The predicted molar refractivity (Wildman–Crippen MR) is 154 cm³/mol. The highest BCUT2D eigenvalue weighted by atomic mass is 28.4. The first-order chi connectivity index (χ1) is 18.8. The minimum Gasteiger partial charge on any atom is -0.547 e. The van der Waals surface area contributed by atoms with Crippen LogP contribution in [0, 0.1) is 0 Å². The van der Waals surface area contributed by atoms with Gasteiger partial charge in [-0.2, -0.15) is 0 Å². The number of rotatable bonds is 23. The smallest absolute Gasteiger partial charge is 0.502 e. The van der Waals surface area contributed by atoms with Gasteiger partial charge < -0.3 is 37.9 Å². The third kappa shape index (κ3) is 12.5. The number of carboxylic acids is 1. The van der Waals surface area contributed by atoms with Crippen molar-refractivity contribution >= 4 is 14.8 Å². The second-order valence-electron chi connectivity index (χ2n) is 12.3. The van der Waals surface area contributed by atoms with Crippen molar-refractivity contribution in [3.63, 3.8) is 0 Å². The molecule has 2 heterocycles. The molecule has 2 N–H and O–H groups in total. The predicted octanol–water partition coefficient (Wildman–Crippen LogP) is 4.33. The van der Waals surface area contributed by atoms with Gasteiger partial charge in [-0.15, -0.1) is 0 Å². The lowest BCUT2D eigenvalue weighted by atomic mass is 10.0. The quantitative estimate of drug-likeness (QED) is 0.106. The number of carboxylic acid groups (broad SMARTS) is 1. The largest absolute Gasteiger partial charge is 0.547 e. The van der Waals surface area contributed by atoms with Gasteiger partial charge in [-0.3, -0.25) is 0 Å². The van der Waals surface area contributed by atoms with Crippen LogP contribution >= 0.6 is 0 Å². The molecule has 5 atom stereocenters. The normalized spacial score (nSPS) is 27.1. The van der Waals surface area contributed by atoms with E-state index in [0.717, 1.165) is 30.5 Å². The first-order valence-electron chi connectivity index (χ1n) is 16.2. The molecule has 9 heteroatoms. The lowest BCUT2D eigenvalue weighted by Crippen LogP contribution is -2.71. The van der Waals surface area contributed by atoms with E-state index in [-0.39, 0.29) is 6.61 Å². The molecule has 2 fully saturated rings. The first kappa shape index (κ1) is 34.6. The van der Waals surface area contributed by atoms with Crippen LogP contribution in [0.4, 0.5) is 0 Å². The molecule has 0 radical (unpaired) electrons. The minimum absolute atomic E-state index is 0.00362. The zero-order chi connectivity index (χ0) is 28.6. The van der Waals surface area contributed by atoms with Crippen LogP contribution in [-0.4, -0.2) is 87.2 Å². The molecule has 8 nitrogen and oxygen atoms in total. The average Bonchev–Trinajstić information content (AvgIpc) is 2.91. The summed E-state index contributed by atoms with van der Waals surface area (Å²) in [6.45, 7) is 7.74. The van der Waals surface area contributed by atoms with E-state index < -0.39 is 39.2 Å². The summed E-state index contributed by atoms with van der Waals surface area (Å²) in [7, 11) is -0.960. The molecular weight excluding hydrogens is 514 g/mol. The van der Waals surface area contributed by atoms with Crippen molar-refractivity contribution < 1.29 is 37.9 Å². The van der Waals surface area contributed by atoms with Gasteiger partial charge in [0, 0.05) is 12.5 Å². The second kappa shape index (κ2) is 18.8. The van der Waals surface area contributed by atoms with E-state index in [1.807, 2.05) is 0 Å². The molecule has 0 amide bonds. The van der Waals surface area contributed by atoms with Gasteiger partial charge in [0.15, 0.2) is 0 Å². The van der Waals surface area contributed by atoms with Crippen molar-refractivity contribution in [1.82, 2.24) is 0 Å². The van der Waals surface area contributed by atoms with Crippen LogP contribution in [0.3, 0.4) is 0 Å². The number of carbonyl (C=O) groups excluding carboxylic acids is 1. The lowest BCUT2D eigenvalue weighted by molar-refractivity contribution is -0.910. The van der Waals surface area contributed by atoms with Gasteiger partial charge in [0.05, 0.1) is 39.3 Å². The van der Waals surface area contributed by atoms with Crippen LogP contribution < -0.4 is 5.11 Å². The van der Waals surface area contributed by atoms with E-state index in [1.54, 1.807) is 0 Å². The highest BCUT2D eigenvalue weighted by Crippen LogP contribution is 2.35. The van der Waals surface area contributed by atoms with Crippen molar-refractivity contribution in [2.75, 3.05) is 33.3 Å². The molecule has 230 valence electrons. The Morgan fingerprint density at radius 3 is 1.72 bits per heavy atom. The van der Waals surface area contributed by atoms with Crippen molar-refractivity contribution in [2.24, 2.45) is 0 Å². The van der Waals surface area contributed by atoms with Crippen LogP contribution in [0.5, 0.6) is 0 Å². The first-order valence-corrected chi connectivity index (χ1v) is 18.1. The summed E-state index contributed by atoms with van der Waals surface area (Å²) in [5.74, 6) is -1.49. The zero-order valence-corrected chi connectivity index (χ0v) is 26.2. The van der Waals surface area contributed by atoms with E-state index in [2.05, 4.69) is 20.9 Å². The number of fused-ring (bicyclic) bond motifs is 2. The zero-order valence-electron chi connectivity index (χ0n) is 25.2. The molecule has 0 spiro atoms. The Hall–Kier alpha value is -0.553. The van der Waals surface area contributed by atoms with Crippen molar-refractivity contribution in [2.45, 2.75) is 153 Å². The van der Waals surface area contributed by atoms with Crippen molar-refractivity contribution in [3.8, 4) is 0 Å². The summed E-state index contributed by atoms with van der Waals surface area (Å²) < 4.78 is 18.5. The Labute approximate surface area is 239 Å². The maximum absolute atomic E-state index is 11.6. The number of hydrogen-bond acceptors (Lipinski definition) is 7. The summed E-state index contributed by atoms with van der Waals surface area (Å²) >= 11 is 0. The molecule has 39 heavy (non-hydrogen) atoms. The monoisotopic (exact) mass is 573 g/mol. The Balaban J connectivity index is 1.85. The number of nitrogens with zero attached hydrogens (tertiary/aromatic N) is 1. The molecule has 0 aromatic carbocycles. The molecule has 2 saturated heterocycles. The summed E-state index contributed by atoms with van der Waals surface area (Å²) in [4.78, 5) is 11.6. The second-order valence-corrected chi connectivity index (χ2v) is 15.0. The average molecular weight is 574 g/mol. The topological polar surface area (TPSA) is 108 Å². The Kier molecular flexibility index (Phi) is 16.7. The van der Waals surface area contributed by atoms with Crippen molar-refractivity contribution in [3.05, 3.63) is 0 Å². The van der Waals surface area contributed by atoms with Gasteiger partial charge in [-0.25, -0.2) is 0 Å². The van der Waals surface area contributed by atoms with E-state index in [9.17, 15) is 20.1 Å². The molecule has 0 aliphatic carbocycles. The number of carbonyl (C=O) groups is 1. The molecule has 0 aromatic heterocycles. The molecule has 1 unspecified atom stereocenters. The Morgan fingerprint density at radius 2 is 1.23 bits per heavy atom. The van der Waals surface area contributed by atoms with Crippen LogP contribution in [0.1, 0.15) is 123 Å². The maximum atomic E-state index is 11.6. The van der Waals surface area contributed by atoms with Crippen LogP contribution in [-0.2, 0) is 18.1 Å². The van der Waals surface area contributed by atoms with Gasteiger partial charge in [-0.1, -0.05) is 90.9 Å². The third-order valence-corrected chi connectivity index (χ3v) is 11.5. The fourth-order valence-electron chi connectivity index (χ4n) is 6.07. The number of aliphatic hydroxyl groups excluding tert-OH is 2. The van der Waals surface area contributed by atoms with Crippen LogP contribution in [0.15, 0.2) is 0 Å². The summed E-state index contributed by atoms with van der Waals surface area (Å²) in [6, 6.07) is 0.482. The molecule has 0 aromatic rings. The third-order valence-electron chi connectivity index (χ3n) is 8.64. The fourth-order valence-corrected chi connectivity index (χ4v) is 8.99. The van der Waals surface area contributed by atoms with Crippen LogP contribution in [0.25, 0.3) is 0 Å². The lowest BCUT2D eigenvalue weighted by Gasteiger charge is -2.49. The minimum atomic E-state index is -3.31. The highest BCUT2D eigenvalue weighted by Gasteiger charge is 2.58. The Bertz CT molecular complexity index is 649. The van der Waals surface area contributed by atoms with Crippen LogP contribution in [0.2, 0.25) is 6.04 Å². The van der Waals surface area contributed by atoms with Gasteiger partial charge in [0.25, 0.3) is 0 Å². The standard InChI is InChI=1S/C30H59NO7Si/c1-4-6-8-10-12-14-16-18-21-31(3,22-19-17-15-13-11-9-7-5-2)23-20-24-39-36-25-26(32)28(37-39)27(33)29(38-39)30(34)35/h26-29,32-33H,4-25H2,1-3H3/t26-,27+,28-,29-,39?/m1/s1.